The molecule has 0 saturated heterocycles. The number of benzene rings is 1. The predicted molar refractivity (Wildman–Crippen MR) is 85.9 cm³/mol. The van der Waals surface area contributed by atoms with E-state index in [0.717, 1.165) is 33.5 Å². The van der Waals surface area contributed by atoms with E-state index in [2.05, 4.69) is 10.3 Å². The minimum absolute atomic E-state index is 0.0972. The first-order valence-corrected chi connectivity index (χ1v) is 7.89. The first-order valence-electron chi connectivity index (χ1n) is 7.01. The van der Waals surface area contributed by atoms with Crippen molar-refractivity contribution in [2.75, 3.05) is 0 Å². The van der Waals surface area contributed by atoms with Crippen LogP contribution in [-0.2, 0) is 13.6 Å². The topological polar surface area (TPSA) is 46.9 Å². The summed E-state index contributed by atoms with van der Waals surface area (Å²) in [5.74, 6) is -0.355. The van der Waals surface area contributed by atoms with E-state index in [4.69, 9.17) is 0 Å². The van der Waals surface area contributed by atoms with Gasteiger partial charge in [0, 0.05) is 24.5 Å². The number of amides is 1. The molecule has 2 heterocycles. The van der Waals surface area contributed by atoms with E-state index in [1.165, 1.54) is 11.4 Å². The molecule has 0 fully saturated rings. The SMILES string of the molecule is Cc1ccc2ncn(C)c2c1CNC(=O)c1csc(C(F)F)c1. The van der Waals surface area contributed by atoms with Crippen molar-refractivity contribution in [1.82, 2.24) is 14.9 Å². The first kappa shape index (κ1) is 15.6. The fourth-order valence-electron chi connectivity index (χ4n) is 2.51. The van der Waals surface area contributed by atoms with Crippen molar-refractivity contribution in [1.29, 1.82) is 0 Å². The number of imidazole rings is 1. The number of alkyl halides is 2. The molecular weight excluding hydrogens is 320 g/mol. The molecule has 1 amide bonds. The molecule has 0 aliphatic rings. The number of rotatable bonds is 4. The standard InChI is InChI=1S/C16H15F2N3OS/c1-9-3-4-12-14(21(2)8-20-12)11(9)6-19-16(22)10-5-13(15(17)18)23-7-10/h3-5,7-8,15H,6H2,1-2H3,(H,19,22). The molecule has 3 rings (SSSR count). The minimum Gasteiger partial charge on any atom is -0.348 e. The molecule has 23 heavy (non-hydrogen) atoms. The fourth-order valence-corrected chi connectivity index (χ4v) is 3.25. The molecular formula is C16H15F2N3OS. The highest BCUT2D eigenvalue weighted by Gasteiger charge is 2.15. The maximum atomic E-state index is 12.6. The zero-order valence-electron chi connectivity index (χ0n) is 12.6. The average molecular weight is 335 g/mol. The number of hydrogen-bond acceptors (Lipinski definition) is 3. The smallest absolute Gasteiger partial charge is 0.272 e. The summed E-state index contributed by atoms with van der Waals surface area (Å²) in [4.78, 5) is 16.4. The molecule has 1 N–H and O–H groups in total. The summed E-state index contributed by atoms with van der Waals surface area (Å²) in [6, 6.07) is 5.13. The van der Waals surface area contributed by atoms with Gasteiger partial charge in [-0.25, -0.2) is 13.8 Å². The van der Waals surface area contributed by atoms with Crippen molar-refractivity contribution in [2.24, 2.45) is 7.05 Å². The summed E-state index contributed by atoms with van der Waals surface area (Å²) in [6.07, 6.45) is -0.824. The lowest BCUT2D eigenvalue weighted by Gasteiger charge is -2.10. The number of carbonyl (C=O) groups excluding carboxylic acids is 1. The summed E-state index contributed by atoms with van der Waals surface area (Å²) in [5.41, 5.74) is 4.10. The number of nitrogens with one attached hydrogen (secondary N) is 1. The molecule has 0 unspecified atom stereocenters. The molecule has 3 aromatic rings. The summed E-state index contributed by atoms with van der Waals surface area (Å²) in [5, 5.41) is 4.25. The molecule has 0 aliphatic heterocycles. The van der Waals surface area contributed by atoms with Crippen molar-refractivity contribution in [2.45, 2.75) is 19.9 Å². The third-order valence-corrected chi connectivity index (χ3v) is 4.68. The Bertz CT molecular complexity index is 869. The Morgan fingerprint density at radius 1 is 1.43 bits per heavy atom. The van der Waals surface area contributed by atoms with Crippen LogP contribution in [0.15, 0.2) is 29.9 Å². The van der Waals surface area contributed by atoms with Crippen LogP contribution in [0.3, 0.4) is 0 Å². The van der Waals surface area contributed by atoms with E-state index in [1.54, 1.807) is 6.33 Å². The van der Waals surface area contributed by atoms with Crippen LogP contribution in [0.2, 0.25) is 0 Å². The number of hydrogen-bond donors (Lipinski definition) is 1. The van der Waals surface area contributed by atoms with Crippen molar-refractivity contribution in [3.8, 4) is 0 Å². The van der Waals surface area contributed by atoms with Gasteiger partial charge >= 0.3 is 0 Å². The van der Waals surface area contributed by atoms with E-state index >= 15 is 0 Å². The summed E-state index contributed by atoms with van der Waals surface area (Å²) in [6.45, 7) is 2.29. The Kier molecular flexibility index (Phi) is 4.12. The Hall–Kier alpha value is -2.28. The van der Waals surface area contributed by atoms with Crippen LogP contribution < -0.4 is 5.32 Å². The molecule has 0 saturated carbocycles. The first-order chi connectivity index (χ1) is 11.0. The Labute approximate surface area is 135 Å². The van der Waals surface area contributed by atoms with Gasteiger partial charge in [-0.2, -0.15) is 0 Å². The van der Waals surface area contributed by atoms with Crippen LogP contribution in [-0.4, -0.2) is 15.5 Å². The normalized spacial score (nSPS) is 11.3. The number of aromatic nitrogens is 2. The molecule has 0 spiro atoms. The molecule has 2 aromatic heterocycles. The quantitative estimate of drug-likeness (QED) is 0.788. The van der Waals surface area contributed by atoms with Gasteiger partial charge in [-0.3, -0.25) is 4.79 Å². The van der Waals surface area contributed by atoms with Crippen molar-refractivity contribution in [3.63, 3.8) is 0 Å². The van der Waals surface area contributed by atoms with Crippen LogP contribution in [0.25, 0.3) is 11.0 Å². The van der Waals surface area contributed by atoms with Crippen LogP contribution >= 0.6 is 11.3 Å². The second-order valence-electron chi connectivity index (χ2n) is 5.31. The molecule has 7 heteroatoms. The zero-order valence-corrected chi connectivity index (χ0v) is 13.5. The van der Waals surface area contributed by atoms with E-state index in [0.29, 0.717) is 6.54 Å². The van der Waals surface area contributed by atoms with Crippen LogP contribution in [0.4, 0.5) is 8.78 Å². The molecule has 120 valence electrons. The summed E-state index contributed by atoms with van der Waals surface area (Å²) < 4.78 is 27.1. The van der Waals surface area contributed by atoms with Gasteiger partial charge in [0.15, 0.2) is 0 Å². The fraction of sp³-hybridized carbons (Fsp3) is 0.250. The average Bonchev–Trinajstić information content (AvgIpc) is 3.14. The summed E-state index contributed by atoms with van der Waals surface area (Å²) >= 11 is 0.892. The molecule has 0 bridgehead atoms. The van der Waals surface area contributed by atoms with E-state index < -0.39 is 6.43 Å². The molecule has 0 radical (unpaired) electrons. The van der Waals surface area contributed by atoms with Gasteiger partial charge < -0.3 is 9.88 Å². The lowest BCUT2D eigenvalue weighted by Crippen LogP contribution is -2.23. The number of fused-ring (bicyclic) bond motifs is 1. The minimum atomic E-state index is -2.55. The van der Waals surface area contributed by atoms with Gasteiger partial charge in [-0.05, 0) is 24.6 Å². The number of halogens is 2. The van der Waals surface area contributed by atoms with Gasteiger partial charge in [0.05, 0.1) is 27.8 Å². The Morgan fingerprint density at radius 3 is 2.91 bits per heavy atom. The predicted octanol–water partition coefficient (Wildman–Crippen LogP) is 3.81. The van der Waals surface area contributed by atoms with Gasteiger partial charge in [0.1, 0.15) is 0 Å². The molecule has 4 nitrogen and oxygen atoms in total. The lowest BCUT2D eigenvalue weighted by molar-refractivity contribution is 0.0951. The maximum absolute atomic E-state index is 12.6. The van der Waals surface area contributed by atoms with Gasteiger partial charge in [-0.15, -0.1) is 11.3 Å². The van der Waals surface area contributed by atoms with Gasteiger partial charge in [0.25, 0.3) is 12.3 Å². The van der Waals surface area contributed by atoms with E-state index in [-0.39, 0.29) is 16.3 Å². The lowest BCUT2D eigenvalue weighted by atomic mass is 10.1. The van der Waals surface area contributed by atoms with E-state index in [9.17, 15) is 13.6 Å². The highest BCUT2D eigenvalue weighted by atomic mass is 32.1. The van der Waals surface area contributed by atoms with Crippen LogP contribution in [0, 0.1) is 6.92 Å². The largest absolute Gasteiger partial charge is 0.348 e. The number of thiophene rings is 1. The van der Waals surface area contributed by atoms with Crippen LogP contribution in [0.1, 0.15) is 32.8 Å². The van der Waals surface area contributed by atoms with Crippen LogP contribution in [0.5, 0.6) is 0 Å². The Morgan fingerprint density at radius 2 is 2.22 bits per heavy atom. The van der Waals surface area contributed by atoms with Crippen molar-refractivity contribution in [3.05, 3.63) is 51.5 Å². The summed E-state index contributed by atoms with van der Waals surface area (Å²) in [7, 11) is 1.90. The number of aryl methyl sites for hydroxylation is 2. The number of nitrogens with zero attached hydrogens (tertiary/aromatic N) is 2. The zero-order chi connectivity index (χ0) is 16.6. The molecule has 0 aliphatic carbocycles. The highest BCUT2D eigenvalue weighted by Crippen LogP contribution is 2.26. The van der Waals surface area contributed by atoms with Crippen molar-refractivity contribution >= 4 is 28.3 Å². The van der Waals surface area contributed by atoms with Gasteiger partial charge in [0.2, 0.25) is 0 Å². The third kappa shape index (κ3) is 2.96. The second kappa shape index (κ2) is 6.08. The van der Waals surface area contributed by atoms with Crippen molar-refractivity contribution < 1.29 is 13.6 Å². The van der Waals surface area contributed by atoms with Gasteiger partial charge in [-0.1, -0.05) is 6.07 Å². The maximum Gasteiger partial charge on any atom is 0.272 e. The second-order valence-corrected chi connectivity index (χ2v) is 6.25. The highest BCUT2D eigenvalue weighted by molar-refractivity contribution is 7.10. The molecule has 1 aromatic carbocycles. The monoisotopic (exact) mass is 335 g/mol. The van der Waals surface area contributed by atoms with E-state index in [1.807, 2.05) is 30.7 Å². The third-order valence-electron chi connectivity index (χ3n) is 3.74. The number of carbonyl (C=O) groups is 1. The Balaban J connectivity index is 1.81. The molecule has 0 atom stereocenters.